The van der Waals surface area contributed by atoms with Gasteiger partial charge in [-0.1, -0.05) is 12.1 Å². The Morgan fingerprint density at radius 2 is 1.03 bits per heavy atom. The molecule has 5 heteroatoms. The molecule has 0 spiro atoms. The molecule has 0 bridgehead atoms. The van der Waals surface area contributed by atoms with Crippen molar-refractivity contribution in [3.05, 3.63) is 84.9 Å². The second-order valence-electron chi connectivity index (χ2n) is 5.64. The molecule has 2 N–H and O–H groups in total. The molecule has 0 amide bonds. The number of hydrogen-bond donors (Lipinski definition) is 2. The van der Waals surface area contributed by atoms with E-state index in [1.807, 2.05) is 31.2 Å². The number of benzene rings is 2. The van der Waals surface area contributed by atoms with E-state index in [1.54, 1.807) is 0 Å². The van der Waals surface area contributed by atoms with Crippen LogP contribution in [-0.2, 0) is 29.6 Å². The van der Waals surface area contributed by atoms with Crippen LogP contribution in [0.2, 0.25) is 0 Å². The Bertz CT molecular complexity index is 836. The first-order chi connectivity index (χ1) is 13.8. The van der Waals surface area contributed by atoms with Crippen molar-refractivity contribution in [3.8, 4) is 0 Å². The van der Waals surface area contributed by atoms with Crippen LogP contribution in [-0.4, -0.2) is 26.5 Å². The molecule has 0 saturated carbocycles. The first-order valence-corrected chi connectivity index (χ1v) is 9.77. The molecule has 4 nitrogen and oxygen atoms in total. The fourth-order valence-corrected chi connectivity index (χ4v) is 2.14. The van der Waals surface area contributed by atoms with E-state index in [9.17, 15) is 0 Å². The van der Waals surface area contributed by atoms with E-state index in [2.05, 4.69) is 84.9 Å². The second kappa shape index (κ2) is 16.2. The predicted octanol–water partition coefficient (Wildman–Crippen LogP) is 5.65. The van der Waals surface area contributed by atoms with Gasteiger partial charge in [-0.3, -0.25) is 9.59 Å². The van der Waals surface area contributed by atoms with Gasteiger partial charge in [-0.05, 0) is 0 Å². The molecule has 0 atom stereocenters. The first-order valence-electron chi connectivity index (χ1n) is 8.86. The number of fused-ring (bicyclic) bond motifs is 2. The third-order valence-corrected chi connectivity index (χ3v) is 3.10. The van der Waals surface area contributed by atoms with Gasteiger partial charge in [0, 0.05) is 13.8 Å². The molecule has 0 aromatic heterocycles. The van der Waals surface area contributed by atoms with Crippen molar-refractivity contribution in [3.63, 3.8) is 0 Å². The molecule has 4 aromatic rings. The predicted molar refractivity (Wildman–Crippen MR) is 117 cm³/mol. The second-order valence-corrected chi connectivity index (χ2v) is 6.54. The van der Waals surface area contributed by atoms with Gasteiger partial charge in [-0.2, -0.15) is 35.0 Å². The Hall–Kier alpha value is -2.82. The van der Waals surface area contributed by atoms with E-state index in [4.69, 9.17) is 19.8 Å². The van der Waals surface area contributed by atoms with Crippen molar-refractivity contribution in [2.45, 2.75) is 20.8 Å². The van der Waals surface area contributed by atoms with Crippen LogP contribution in [0.3, 0.4) is 0 Å². The number of hydrogen-bond acceptors (Lipinski definition) is 2. The quantitative estimate of drug-likeness (QED) is 0.281. The van der Waals surface area contributed by atoms with E-state index in [-0.39, 0.29) is 0 Å². The summed E-state index contributed by atoms with van der Waals surface area (Å²) in [6.07, 6.45) is 0. The SMILES string of the molecule is CC(=O)O.CC(=O)O.C[CH]=[Ti+2].c1ccc2[cH-]ccc2c1.c1ccc2[cH-]ccc2c1. The summed E-state index contributed by atoms with van der Waals surface area (Å²) in [5, 5.41) is 20.2. The van der Waals surface area contributed by atoms with Gasteiger partial charge in [0.25, 0.3) is 11.9 Å². The molecule has 0 fully saturated rings. The minimum atomic E-state index is -0.833. The normalized spacial score (nSPS) is 8.59. The van der Waals surface area contributed by atoms with Gasteiger partial charge < -0.3 is 10.2 Å². The van der Waals surface area contributed by atoms with Crippen LogP contribution < -0.4 is 0 Å². The first kappa shape index (κ1) is 26.2. The zero-order valence-corrected chi connectivity index (χ0v) is 18.4. The minimum Gasteiger partial charge on any atom is -0.168 e. The van der Waals surface area contributed by atoms with Gasteiger partial charge in [0.2, 0.25) is 0 Å². The van der Waals surface area contributed by atoms with E-state index in [0.717, 1.165) is 13.8 Å². The topological polar surface area (TPSA) is 74.6 Å². The van der Waals surface area contributed by atoms with Crippen molar-refractivity contribution in [2.24, 2.45) is 0 Å². The molecule has 29 heavy (non-hydrogen) atoms. The molecular formula is C24H26O4Ti. The van der Waals surface area contributed by atoms with Crippen molar-refractivity contribution in [1.82, 2.24) is 0 Å². The summed E-state index contributed by atoms with van der Waals surface area (Å²) in [6.45, 7) is 4.17. The fraction of sp³-hybridized carbons (Fsp3) is 0.125. The maximum absolute atomic E-state index is 9.00. The van der Waals surface area contributed by atoms with Crippen LogP contribution in [0, 0.1) is 0 Å². The molecule has 0 heterocycles. The van der Waals surface area contributed by atoms with Crippen LogP contribution >= 0.6 is 0 Å². The summed E-state index contributed by atoms with van der Waals surface area (Å²) in [5.74, 6) is -1.67. The molecule has 150 valence electrons. The summed E-state index contributed by atoms with van der Waals surface area (Å²) < 4.78 is 2.00. The Kier molecular flexibility index (Phi) is 14.6. The van der Waals surface area contributed by atoms with Crippen molar-refractivity contribution in [2.75, 3.05) is 0 Å². The van der Waals surface area contributed by atoms with Crippen LogP contribution in [0.15, 0.2) is 84.9 Å². The summed E-state index contributed by atoms with van der Waals surface area (Å²) in [6, 6.07) is 29.3. The smallest absolute Gasteiger partial charge is 0.0809 e. The van der Waals surface area contributed by atoms with E-state index < -0.39 is 11.9 Å². The van der Waals surface area contributed by atoms with Gasteiger partial charge in [0.1, 0.15) is 0 Å². The molecule has 0 radical (unpaired) electrons. The fourth-order valence-electron chi connectivity index (χ4n) is 2.14. The van der Waals surface area contributed by atoms with Crippen molar-refractivity contribution in [1.29, 1.82) is 0 Å². The Balaban J connectivity index is 0.000000369. The zero-order valence-electron chi connectivity index (χ0n) is 16.9. The van der Waals surface area contributed by atoms with Gasteiger partial charge in [0.05, 0.1) is 0 Å². The van der Waals surface area contributed by atoms with Crippen molar-refractivity contribution < 1.29 is 39.8 Å². The number of carboxylic acid groups (broad SMARTS) is 2. The average Bonchev–Trinajstić information content (AvgIpc) is 3.31. The molecule has 0 aliphatic carbocycles. The average molecular weight is 426 g/mol. The van der Waals surface area contributed by atoms with Crippen molar-refractivity contribution >= 4 is 37.8 Å². The Morgan fingerprint density at radius 1 is 0.759 bits per heavy atom. The Morgan fingerprint density at radius 3 is 1.31 bits per heavy atom. The number of rotatable bonds is 0. The summed E-state index contributed by atoms with van der Waals surface area (Å²) in [7, 11) is 0. The van der Waals surface area contributed by atoms with Gasteiger partial charge in [-0.15, -0.1) is 59.3 Å². The van der Waals surface area contributed by atoms with E-state index in [1.165, 1.54) is 21.5 Å². The number of carbonyl (C=O) groups is 2. The number of carboxylic acids is 2. The summed E-state index contributed by atoms with van der Waals surface area (Å²) in [4.78, 5) is 18.0. The van der Waals surface area contributed by atoms with Crippen LogP contribution in [0.4, 0.5) is 0 Å². The molecule has 4 aromatic carbocycles. The van der Waals surface area contributed by atoms with Gasteiger partial charge in [-0.25, -0.2) is 0 Å². The van der Waals surface area contributed by atoms with Crippen LogP contribution in [0.5, 0.6) is 0 Å². The molecular weight excluding hydrogens is 400 g/mol. The Labute approximate surface area is 183 Å². The third kappa shape index (κ3) is 13.9. The minimum absolute atomic E-state index is 0.833. The third-order valence-electron chi connectivity index (χ3n) is 3.10. The standard InChI is InChI=1S/2C9H7.2C2H4O2.C2H4.Ti/c2*1-2-5-9-7-3-6-8(9)4-1;2*1-2(3)4;1-2;/h2*1-7H;2*1H3,(H,3,4);1H,2H3;/q2*-1;;;;+2. The molecule has 0 saturated heterocycles. The monoisotopic (exact) mass is 426 g/mol. The molecule has 0 aliphatic heterocycles. The maximum atomic E-state index is 9.00. The molecule has 0 aliphatic rings. The van der Waals surface area contributed by atoms with Gasteiger partial charge in [0.15, 0.2) is 0 Å². The molecule has 4 rings (SSSR count). The summed E-state index contributed by atoms with van der Waals surface area (Å²) in [5.41, 5.74) is 0. The van der Waals surface area contributed by atoms with E-state index in [0.29, 0.717) is 0 Å². The maximum Gasteiger partial charge on any atom is -0.0809 e. The van der Waals surface area contributed by atoms with Crippen LogP contribution in [0.1, 0.15) is 20.8 Å². The molecule has 0 unspecified atom stereocenters. The van der Waals surface area contributed by atoms with Gasteiger partial charge >= 0.3 is 31.2 Å². The zero-order chi connectivity index (χ0) is 22.1. The number of aliphatic carboxylic acids is 2. The van der Waals surface area contributed by atoms with Crippen LogP contribution in [0.25, 0.3) is 21.5 Å². The summed E-state index contributed by atoms with van der Waals surface area (Å²) >= 11 is 2.00. The largest absolute Gasteiger partial charge is 0.168 e. The van der Waals surface area contributed by atoms with E-state index >= 15 is 0 Å².